The van der Waals surface area contributed by atoms with Crippen LogP contribution in [0.1, 0.15) is 0 Å². The summed E-state index contributed by atoms with van der Waals surface area (Å²) in [5.74, 6) is 0.892. The molecule has 0 aliphatic heterocycles. The Balaban J connectivity index is 1.72. The van der Waals surface area contributed by atoms with Gasteiger partial charge in [0.1, 0.15) is 5.82 Å². The second kappa shape index (κ2) is 7.01. The Labute approximate surface area is 190 Å². The molecule has 0 radical (unpaired) electrons. The predicted molar refractivity (Wildman–Crippen MR) is 137 cm³/mol. The van der Waals surface area contributed by atoms with Crippen molar-refractivity contribution in [3.8, 4) is 17.1 Å². The number of aromatic nitrogens is 3. The number of pyridine rings is 2. The molecule has 33 heavy (non-hydrogen) atoms. The number of fused-ring (bicyclic) bond motifs is 6. The molecule has 3 aromatic heterocycles. The van der Waals surface area contributed by atoms with Gasteiger partial charge in [0.15, 0.2) is 0 Å². The van der Waals surface area contributed by atoms with Crippen molar-refractivity contribution in [3.63, 3.8) is 0 Å². The van der Waals surface area contributed by atoms with Crippen LogP contribution in [0.2, 0.25) is 0 Å². The third kappa shape index (κ3) is 2.69. The zero-order valence-corrected chi connectivity index (χ0v) is 17.8. The van der Waals surface area contributed by atoms with Gasteiger partial charge >= 0.3 is 0 Å². The number of rotatable bonds is 2. The molecule has 0 fully saturated rings. The van der Waals surface area contributed by atoms with Crippen LogP contribution in [0.15, 0.2) is 115 Å². The van der Waals surface area contributed by atoms with Crippen LogP contribution in [0.25, 0.3) is 60.6 Å². The number of para-hydroxylation sites is 2. The van der Waals surface area contributed by atoms with Gasteiger partial charge in [-0.05, 0) is 41.1 Å². The van der Waals surface area contributed by atoms with E-state index in [1.54, 1.807) is 0 Å². The zero-order chi connectivity index (χ0) is 21.8. The minimum Gasteiger partial charge on any atom is -0.292 e. The summed E-state index contributed by atoms with van der Waals surface area (Å²) in [4.78, 5) is 9.93. The smallest absolute Gasteiger partial charge is 0.137 e. The molecule has 3 nitrogen and oxygen atoms in total. The second-order valence-electron chi connectivity index (χ2n) is 8.30. The number of hydrogen-bond acceptors (Lipinski definition) is 2. The average molecular weight is 422 g/mol. The zero-order valence-electron chi connectivity index (χ0n) is 17.8. The lowest BCUT2D eigenvalue weighted by molar-refractivity contribution is 1.08. The largest absolute Gasteiger partial charge is 0.292 e. The fourth-order valence-electron chi connectivity index (χ4n) is 4.95. The lowest BCUT2D eigenvalue weighted by atomic mass is 10.0. The Hall–Kier alpha value is -4.50. The quantitative estimate of drug-likeness (QED) is 0.289. The molecule has 7 rings (SSSR count). The monoisotopic (exact) mass is 421 g/mol. The maximum atomic E-state index is 5.21. The van der Waals surface area contributed by atoms with Crippen LogP contribution in [-0.2, 0) is 0 Å². The van der Waals surface area contributed by atoms with E-state index in [0.29, 0.717) is 0 Å². The summed E-state index contributed by atoms with van der Waals surface area (Å²) in [6, 6.07) is 38.1. The predicted octanol–water partition coefficient (Wildman–Crippen LogP) is 7.55. The molecule has 0 atom stereocenters. The van der Waals surface area contributed by atoms with Crippen molar-refractivity contribution in [2.24, 2.45) is 0 Å². The fourth-order valence-corrected chi connectivity index (χ4v) is 4.95. The Morgan fingerprint density at radius 3 is 2.24 bits per heavy atom. The van der Waals surface area contributed by atoms with Gasteiger partial charge in [0.2, 0.25) is 0 Å². The highest BCUT2D eigenvalue weighted by Gasteiger charge is 2.20. The third-order valence-corrected chi connectivity index (χ3v) is 6.41. The first-order valence-electron chi connectivity index (χ1n) is 11.1. The number of hydrogen-bond donors (Lipinski definition) is 0. The van der Waals surface area contributed by atoms with Crippen LogP contribution in [0.4, 0.5) is 0 Å². The maximum Gasteiger partial charge on any atom is 0.137 e. The molecule has 4 aromatic carbocycles. The van der Waals surface area contributed by atoms with Crippen molar-refractivity contribution < 1.29 is 0 Å². The Bertz CT molecular complexity index is 1810. The van der Waals surface area contributed by atoms with Crippen LogP contribution in [0.5, 0.6) is 0 Å². The molecule has 3 heterocycles. The van der Waals surface area contributed by atoms with E-state index in [2.05, 4.69) is 102 Å². The molecule has 0 spiro atoms. The summed E-state index contributed by atoms with van der Waals surface area (Å²) in [6.45, 7) is 0. The van der Waals surface area contributed by atoms with E-state index < -0.39 is 0 Å². The van der Waals surface area contributed by atoms with Crippen LogP contribution >= 0.6 is 0 Å². The van der Waals surface area contributed by atoms with Gasteiger partial charge in [-0.15, -0.1) is 0 Å². The van der Waals surface area contributed by atoms with E-state index in [9.17, 15) is 0 Å². The molecule has 0 bridgehead atoms. The number of nitrogens with zero attached hydrogens (tertiary/aromatic N) is 3. The first-order valence-corrected chi connectivity index (χ1v) is 11.1. The van der Waals surface area contributed by atoms with E-state index in [0.717, 1.165) is 39.0 Å². The van der Waals surface area contributed by atoms with Gasteiger partial charge in [0.05, 0.1) is 22.2 Å². The summed E-state index contributed by atoms with van der Waals surface area (Å²) in [6.07, 6.45) is 1.85. The van der Waals surface area contributed by atoms with Crippen molar-refractivity contribution in [2.75, 3.05) is 0 Å². The van der Waals surface area contributed by atoms with Gasteiger partial charge < -0.3 is 0 Å². The minimum atomic E-state index is 0.892. The first-order chi connectivity index (χ1) is 16.4. The Kier molecular flexibility index (Phi) is 3.84. The van der Waals surface area contributed by atoms with Crippen molar-refractivity contribution >= 4 is 43.5 Å². The van der Waals surface area contributed by atoms with E-state index in [4.69, 9.17) is 9.97 Å². The van der Waals surface area contributed by atoms with Crippen molar-refractivity contribution in [1.29, 1.82) is 0 Å². The fraction of sp³-hybridized carbons (Fsp3) is 0. The topological polar surface area (TPSA) is 30.7 Å². The van der Waals surface area contributed by atoms with E-state index >= 15 is 0 Å². The van der Waals surface area contributed by atoms with Gasteiger partial charge in [0, 0.05) is 27.9 Å². The SMILES string of the molecule is c1ccc(-n2c3ccccc3c3c4ccccc4nc(-c4ccc5ccccc5c4)c32)nc1. The van der Waals surface area contributed by atoms with Crippen LogP contribution in [0.3, 0.4) is 0 Å². The number of benzene rings is 4. The lowest BCUT2D eigenvalue weighted by Gasteiger charge is -2.12. The normalized spacial score (nSPS) is 11.6. The maximum absolute atomic E-state index is 5.21. The second-order valence-corrected chi connectivity index (χ2v) is 8.30. The molecule has 154 valence electrons. The third-order valence-electron chi connectivity index (χ3n) is 6.41. The van der Waals surface area contributed by atoms with Crippen LogP contribution < -0.4 is 0 Å². The van der Waals surface area contributed by atoms with Gasteiger partial charge in [-0.25, -0.2) is 9.97 Å². The molecular weight excluding hydrogens is 402 g/mol. The van der Waals surface area contributed by atoms with Crippen molar-refractivity contribution in [2.45, 2.75) is 0 Å². The highest BCUT2D eigenvalue weighted by molar-refractivity contribution is 6.23. The summed E-state index contributed by atoms with van der Waals surface area (Å²) >= 11 is 0. The Morgan fingerprint density at radius 1 is 0.606 bits per heavy atom. The van der Waals surface area contributed by atoms with E-state index in [1.165, 1.54) is 21.5 Å². The molecule has 0 saturated heterocycles. The van der Waals surface area contributed by atoms with Crippen molar-refractivity contribution in [1.82, 2.24) is 14.5 Å². The highest BCUT2D eigenvalue weighted by Crippen LogP contribution is 2.40. The molecule has 0 N–H and O–H groups in total. The molecule has 0 amide bonds. The minimum absolute atomic E-state index is 0.892. The molecule has 0 aliphatic carbocycles. The van der Waals surface area contributed by atoms with Gasteiger partial charge in [-0.1, -0.05) is 78.9 Å². The summed E-state index contributed by atoms with van der Waals surface area (Å²) < 4.78 is 2.26. The summed E-state index contributed by atoms with van der Waals surface area (Å²) in [5.41, 5.74) is 5.29. The molecule has 3 heteroatoms. The highest BCUT2D eigenvalue weighted by atomic mass is 15.1. The van der Waals surface area contributed by atoms with Crippen LogP contribution in [-0.4, -0.2) is 14.5 Å². The average Bonchev–Trinajstić information content (AvgIpc) is 3.24. The molecular formula is C30H19N3. The summed E-state index contributed by atoms with van der Waals surface area (Å²) in [7, 11) is 0. The van der Waals surface area contributed by atoms with Gasteiger partial charge in [-0.3, -0.25) is 4.57 Å². The van der Waals surface area contributed by atoms with E-state index in [1.807, 2.05) is 18.3 Å². The van der Waals surface area contributed by atoms with Gasteiger partial charge in [0.25, 0.3) is 0 Å². The standard InChI is InChI=1S/C30H19N3/c1-2-10-21-19-22(17-16-20(21)9-1)29-30-28(23-11-3-5-13-25(23)32-29)24-12-4-6-14-26(24)33(30)27-15-7-8-18-31-27/h1-19H. The molecule has 0 saturated carbocycles. The molecule has 7 aromatic rings. The lowest BCUT2D eigenvalue weighted by Crippen LogP contribution is -1.99. The van der Waals surface area contributed by atoms with E-state index in [-0.39, 0.29) is 0 Å². The van der Waals surface area contributed by atoms with Crippen LogP contribution in [0, 0.1) is 0 Å². The van der Waals surface area contributed by atoms with Gasteiger partial charge in [-0.2, -0.15) is 0 Å². The summed E-state index contributed by atoms with van der Waals surface area (Å²) in [5, 5.41) is 6.01. The first kappa shape index (κ1) is 18.1. The molecule has 0 aliphatic rings. The van der Waals surface area contributed by atoms with Crippen molar-refractivity contribution in [3.05, 3.63) is 115 Å². The Morgan fingerprint density at radius 2 is 1.36 bits per heavy atom. The molecule has 0 unspecified atom stereocenters.